The van der Waals surface area contributed by atoms with Crippen LogP contribution in [-0.2, 0) is 6.42 Å². The lowest BCUT2D eigenvalue weighted by Crippen LogP contribution is -2.18. The van der Waals surface area contributed by atoms with Crippen molar-refractivity contribution in [3.63, 3.8) is 0 Å². The number of nitrogens with one attached hydrogen (secondary N) is 1. The number of hydrogen-bond acceptors (Lipinski definition) is 2. The van der Waals surface area contributed by atoms with Gasteiger partial charge in [0.05, 0.1) is 6.04 Å². The molecule has 0 saturated heterocycles. The second-order valence-corrected chi connectivity index (χ2v) is 5.48. The van der Waals surface area contributed by atoms with Crippen molar-refractivity contribution >= 4 is 39.1 Å². The fourth-order valence-corrected chi connectivity index (χ4v) is 2.66. The molecule has 1 unspecified atom stereocenters. The molecule has 0 radical (unpaired) electrons. The first-order chi connectivity index (χ1) is 8.61. The summed E-state index contributed by atoms with van der Waals surface area (Å²) in [7, 11) is 1.88. The minimum absolute atomic E-state index is 0.0358. The maximum absolute atomic E-state index is 6.17. The van der Waals surface area contributed by atoms with Crippen LogP contribution >= 0.6 is 39.1 Å². The zero-order chi connectivity index (χ0) is 13.1. The largest absolute Gasteiger partial charge is 0.453 e. The van der Waals surface area contributed by atoms with Crippen LogP contribution < -0.4 is 5.32 Å². The Labute approximate surface area is 124 Å². The zero-order valence-corrected chi connectivity index (χ0v) is 12.8. The molecule has 0 spiro atoms. The van der Waals surface area contributed by atoms with E-state index in [0.29, 0.717) is 21.1 Å². The Kier molecular flexibility index (Phi) is 4.73. The molecule has 0 saturated carbocycles. The van der Waals surface area contributed by atoms with Crippen LogP contribution in [0.1, 0.15) is 17.4 Å². The SMILES string of the molecule is CNC(Cc1c(Cl)cccc1Cl)c1ccc(Br)o1. The molecule has 96 valence electrons. The Balaban J connectivity index is 2.26. The number of halogens is 3. The number of hydrogen-bond donors (Lipinski definition) is 1. The van der Waals surface area contributed by atoms with Gasteiger partial charge in [-0.05, 0) is 59.2 Å². The Hall–Kier alpha value is -0.480. The molecule has 2 nitrogen and oxygen atoms in total. The standard InChI is InChI=1S/C13H12BrCl2NO/c1-17-11(12-5-6-13(14)18-12)7-8-9(15)3-2-4-10(8)16/h2-6,11,17H,7H2,1H3. The van der Waals surface area contributed by atoms with Crippen molar-refractivity contribution in [1.82, 2.24) is 5.32 Å². The normalized spacial score (nSPS) is 12.7. The van der Waals surface area contributed by atoms with Crippen LogP contribution in [0.4, 0.5) is 0 Å². The van der Waals surface area contributed by atoms with Gasteiger partial charge in [-0.2, -0.15) is 0 Å². The molecule has 1 aromatic carbocycles. The average molecular weight is 349 g/mol. The molecule has 2 rings (SSSR count). The molecule has 0 aliphatic heterocycles. The highest BCUT2D eigenvalue weighted by molar-refractivity contribution is 9.10. The summed E-state index contributed by atoms with van der Waals surface area (Å²) in [5.74, 6) is 0.848. The predicted octanol–water partition coefficient (Wildman–Crippen LogP) is 4.85. The van der Waals surface area contributed by atoms with Crippen molar-refractivity contribution in [3.05, 3.63) is 56.4 Å². The first-order valence-corrected chi connectivity index (χ1v) is 7.02. The minimum Gasteiger partial charge on any atom is -0.453 e. The summed E-state index contributed by atoms with van der Waals surface area (Å²) in [6.07, 6.45) is 0.676. The van der Waals surface area contributed by atoms with Crippen LogP contribution in [-0.4, -0.2) is 7.05 Å². The second-order valence-electron chi connectivity index (χ2n) is 3.89. The molecule has 5 heteroatoms. The molecule has 0 amide bonds. The summed E-state index contributed by atoms with van der Waals surface area (Å²) in [4.78, 5) is 0. The fourth-order valence-electron chi connectivity index (χ4n) is 1.79. The van der Waals surface area contributed by atoms with Gasteiger partial charge in [-0.1, -0.05) is 29.3 Å². The lowest BCUT2D eigenvalue weighted by atomic mass is 10.0. The van der Waals surface area contributed by atoms with Gasteiger partial charge in [-0.15, -0.1) is 0 Å². The van der Waals surface area contributed by atoms with Crippen LogP contribution in [0, 0.1) is 0 Å². The molecular weight excluding hydrogens is 337 g/mol. The first kappa shape index (κ1) is 13.9. The van der Waals surface area contributed by atoms with Crippen LogP contribution in [0.5, 0.6) is 0 Å². The third kappa shape index (κ3) is 3.09. The zero-order valence-electron chi connectivity index (χ0n) is 9.71. The van der Waals surface area contributed by atoms with Gasteiger partial charge in [0.25, 0.3) is 0 Å². The molecule has 1 N–H and O–H groups in total. The summed E-state index contributed by atoms with van der Waals surface area (Å²) >= 11 is 15.6. The molecule has 0 fully saturated rings. The van der Waals surface area contributed by atoms with E-state index in [4.69, 9.17) is 27.6 Å². The number of furan rings is 1. The van der Waals surface area contributed by atoms with Gasteiger partial charge in [-0.3, -0.25) is 0 Å². The second kappa shape index (κ2) is 6.11. The Bertz CT molecular complexity index is 521. The van der Waals surface area contributed by atoms with Crippen molar-refractivity contribution in [2.24, 2.45) is 0 Å². The van der Waals surface area contributed by atoms with E-state index >= 15 is 0 Å². The van der Waals surface area contributed by atoms with E-state index in [0.717, 1.165) is 11.3 Å². The first-order valence-electron chi connectivity index (χ1n) is 5.47. The van der Waals surface area contributed by atoms with Crippen LogP contribution in [0.25, 0.3) is 0 Å². The summed E-state index contributed by atoms with van der Waals surface area (Å²) in [5, 5.41) is 4.55. The fraction of sp³-hybridized carbons (Fsp3) is 0.231. The summed E-state index contributed by atoms with van der Waals surface area (Å²) in [6.45, 7) is 0. The van der Waals surface area contributed by atoms with Gasteiger partial charge in [0, 0.05) is 10.0 Å². The molecule has 1 heterocycles. The highest BCUT2D eigenvalue weighted by Gasteiger charge is 2.17. The van der Waals surface area contributed by atoms with E-state index < -0.39 is 0 Å². The molecule has 18 heavy (non-hydrogen) atoms. The van der Waals surface area contributed by atoms with E-state index in [1.54, 1.807) is 0 Å². The van der Waals surface area contributed by atoms with Gasteiger partial charge in [-0.25, -0.2) is 0 Å². The Morgan fingerprint density at radius 1 is 1.22 bits per heavy atom. The van der Waals surface area contributed by atoms with Crippen molar-refractivity contribution < 1.29 is 4.42 Å². The lowest BCUT2D eigenvalue weighted by Gasteiger charge is -2.15. The highest BCUT2D eigenvalue weighted by Crippen LogP contribution is 2.30. The summed E-state index contributed by atoms with van der Waals surface area (Å²) in [6, 6.07) is 9.35. The minimum atomic E-state index is 0.0358. The van der Waals surface area contributed by atoms with E-state index in [1.165, 1.54) is 0 Å². The van der Waals surface area contributed by atoms with E-state index in [-0.39, 0.29) is 6.04 Å². The molecular formula is C13H12BrCl2NO. The van der Waals surface area contributed by atoms with Crippen molar-refractivity contribution in [3.8, 4) is 0 Å². The van der Waals surface area contributed by atoms with Gasteiger partial charge in [0.1, 0.15) is 5.76 Å². The average Bonchev–Trinajstić information content (AvgIpc) is 2.76. The van der Waals surface area contributed by atoms with Gasteiger partial charge >= 0.3 is 0 Å². The van der Waals surface area contributed by atoms with E-state index in [2.05, 4.69) is 21.2 Å². The smallest absolute Gasteiger partial charge is 0.169 e. The quantitative estimate of drug-likeness (QED) is 0.854. The Morgan fingerprint density at radius 3 is 2.39 bits per heavy atom. The highest BCUT2D eigenvalue weighted by atomic mass is 79.9. The van der Waals surface area contributed by atoms with E-state index in [9.17, 15) is 0 Å². The van der Waals surface area contributed by atoms with Gasteiger partial charge in [0.2, 0.25) is 0 Å². The molecule has 1 aromatic heterocycles. The predicted molar refractivity (Wildman–Crippen MR) is 78.4 cm³/mol. The number of likely N-dealkylation sites (N-methyl/N-ethyl adjacent to an activating group) is 1. The van der Waals surface area contributed by atoms with E-state index in [1.807, 2.05) is 37.4 Å². The van der Waals surface area contributed by atoms with Crippen molar-refractivity contribution in [2.75, 3.05) is 7.05 Å². The molecule has 0 aliphatic carbocycles. The third-order valence-electron chi connectivity index (χ3n) is 2.76. The molecule has 1 atom stereocenters. The maximum atomic E-state index is 6.17. The summed E-state index contributed by atoms with van der Waals surface area (Å²) in [5.41, 5.74) is 0.924. The van der Waals surface area contributed by atoms with Crippen LogP contribution in [0.2, 0.25) is 10.0 Å². The van der Waals surface area contributed by atoms with Gasteiger partial charge in [0.15, 0.2) is 4.67 Å². The monoisotopic (exact) mass is 347 g/mol. The van der Waals surface area contributed by atoms with Gasteiger partial charge < -0.3 is 9.73 Å². The molecule has 0 aliphatic rings. The van der Waals surface area contributed by atoms with Crippen molar-refractivity contribution in [1.29, 1.82) is 0 Å². The number of rotatable bonds is 4. The molecule has 2 aromatic rings. The lowest BCUT2D eigenvalue weighted by molar-refractivity contribution is 0.417. The third-order valence-corrected chi connectivity index (χ3v) is 3.89. The topological polar surface area (TPSA) is 25.2 Å². The molecule has 0 bridgehead atoms. The van der Waals surface area contributed by atoms with Crippen molar-refractivity contribution in [2.45, 2.75) is 12.5 Å². The van der Waals surface area contributed by atoms with Crippen LogP contribution in [0.3, 0.4) is 0 Å². The summed E-state index contributed by atoms with van der Waals surface area (Å²) < 4.78 is 6.27. The van der Waals surface area contributed by atoms with Crippen LogP contribution in [0.15, 0.2) is 39.4 Å². The number of benzene rings is 1. The maximum Gasteiger partial charge on any atom is 0.169 e. The Morgan fingerprint density at radius 2 is 1.89 bits per heavy atom.